The van der Waals surface area contributed by atoms with E-state index in [2.05, 4.69) is 29.2 Å². The predicted molar refractivity (Wildman–Crippen MR) is 158 cm³/mol. The second kappa shape index (κ2) is 12.6. The van der Waals surface area contributed by atoms with Crippen LogP contribution in [0.3, 0.4) is 0 Å². The molecule has 1 aliphatic rings. The van der Waals surface area contributed by atoms with E-state index in [0.29, 0.717) is 26.2 Å². The molecule has 41 heavy (non-hydrogen) atoms. The third kappa shape index (κ3) is 6.96. The van der Waals surface area contributed by atoms with E-state index in [1.54, 1.807) is 24.1 Å². The second-order valence-electron chi connectivity index (χ2n) is 9.83. The van der Waals surface area contributed by atoms with Gasteiger partial charge in [-0.25, -0.2) is 9.78 Å². The fourth-order valence-electron chi connectivity index (χ4n) is 4.63. The van der Waals surface area contributed by atoms with Crippen molar-refractivity contribution in [1.29, 1.82) is 0 Å². The summed E-state index contributed by atoms with van der Waals surface area (Å²) < 4.78 is 40.2. The molecule has 1 fully saturated rings. The molecule has 10 heteroatoms. The molecule has 3 aromatic carbocycles. The maximum Gasteiger partial charge on any atom is 0.409 e. The number of piperazine rings is 1. The molecule has 9 nitrogen and oxygen atoms in total. The highest BCUT2D eigenvalue weighted by molar-refractivity contribution is 7.86. The van der Waals surface area contributed by atoms with Crippen molar-refractivity contribution in [2.24, 2.45) is 0 Å². The number of fused-ring (bicyclic) bond motifs is 1. The smallest absolute Gasteiger partial charge is 0.409 e. The lowest BCUT2D eigenvalue weighted by atomic mass is 10.1. The van der Waals surface area contributed by atoms with Crippen LogP contribution in [0.15, 0.2) is 83.8 Å². The minimum atomic E-state index is -3.82. The van der Waals surface area contributed by atoms with Crippen LogP contribution in [0.5, 0.6) is 5.75 Å². The number of amides is 1. The van der Waals surface area contributed by atoms with Gasteiger partial charge in [-0.2, -0.15) is 8.42 Å². The zero-order valence-electron chi connectivity index (χ0n) is 23.2. The van der Waals surface area contributed by atoms with Crippen molar-refractivity contribution in [1.82, 2.24) is 9.88 Å². The van der Waals surface area contributed by atoms with Crippen molar-refractivity contribution in [3.05, 3.63) is 84.4 Å². The molecule has 0 N–H and O–H groups in total. The van der Waals surface area contributed by atoms with Gasteiger partial charge in [0.05, 0.1) is 36.4 Å². The van der Waals surface area contributed by atoms with Crippen molar-refractivity contribution < 1.29 is 26.9 Å². The molecule has 0 saturated carbocycles. The van der Waals surface area contributed by atoms with Crippen LogP contribution in [0.1, 0.15) is 12.0 Å². The first kappa shape index (κ1) is 28.4. The number of benzene rings is 3. The number of methoxy groups -OCH3 is 1. The Hall–Kier alpha value is -4.15. The molecule has 4 aromatic rings. The number of anilines is 1. The molecule has 5 rings (SSSR count). The Morgan fingerprint density at radius 3 is 2.32 bits per heavy atom. The van der Waals surface area contributed by atoms with E-state index in [-0.39, 0.29) is 24.5 Å². The molecular formula is C31H33N3O6S. The summed E-state index contributed by atoms with van der Waals surface area (Å²) in [6.07, 6.45) is -0.120. The maximum absolute atomic E-state index is 12.5. The summed E-state index contributed by atoms with van der Waals surface area (Å²) in [6, 6.07) is 24.6. The molecule has 1 saturated heterocycles. The lowest BCUT2D eigenvalue weighted by Gasteiger charge is -2.35. The van der Waals surface area contributed by atoms with Gasteiger partial charge in [-0.1, -0.05) is 35.9 Å². The van der Waals surface area contributed by atoms with Gasteiger partial charge in [0.15, 0.2) is 0 Å². The van der Waals surface area contributed by atoms with Crippen LogP contribution in [0.2, 0.25) is 0 Å². The number of carbonyl (C=O) groups excluding carboxylic acids is 1. The number of aromatic nitrogens is 1. The van der Waals surface area contributed by atoms with E-state index in [1.165, 1.54) is 12.1 Å². The number of carbonyl (C=O) groups is 1. The number of aryl methyl sites for hydroxylation is 1. The Morgan fingerprint density at radius 1 is 0.878 bits per heavy atom. The molecule has 0 aliphatic carbocycles. The van der Waals surface area contributed by atoms with E-state index in [0.717, 1.165) is 39.2 Å². The van der Waals surface area contributed by atoms with E-state index in [1.807, 2.05) is 37.3 Å². The molecule has 0 radical (unpaired) electrons. The van der Waals surface area contributed by atoms with Crippen LogP contribution in [-0.4, -0.2) is 70.9 Å². The number of ether oxygens (including phenoxy) is 2. The number of hydrogen-bond donors (Lipinski definition) is 0. The molecule has 1 aromatic heterocycles. The zero-order valence-corrected chi connectivity index (χ0v) is 24.0. The maximum atomic E-state index is 12.5. The van der Waals surface area contributed by atoms with E-state index in [4.69, 9.17) is 18.6 Å². The monoisotopic (exact) mass is 575 g/mol. The minimum absolute atomic E-state index is 0.0588. The molecule has 1 amide bonds. The summed E-state index contributed by atoms with van der Waals surface area (Å²) in [6.45, 7) is 4.34. The van der Waals surface area contributed by atoms with E-state index < -0.39 is 16.2 Å². The van der Waals surface area contributed by atoms with E-state index in [9.17, 15) is 13.2 Å². The Bertz CT molecular complexity index is 1600. The van der Waals surface area contributed by atoms with Gasteiger partial charge >= 0.3 is 6.09 Å². The highest BCUT2D eigenvalue weighted by Gasteiger charge is 2.22. The normalized spacial score (nSPS) is 13.8. The molecule has 0 spiro atoms. The number of pyridine rings is 1. The Balaban J connectivity index is 1.06. The predicted octanol–water partition coefficient (Wildman–Crippen LogP) is 5.27. The van der Waals surface area contributed by atoms with Crippen LogP contribution in [0, 0.1) is 6.92 Å². The van der Waals surface area contributed by atoms with Crippen molar-refractivity contribution in [2.75, 3.05) is 51.4 Å². The summed E-state index contributed by atoms with van der Waals surface area (Å²) >= 11 is 0. The Morgan fingerprint density at radius 2 is 1.61 bits per heavy atom. The molecule has 0 bridgehead atoms. The van der Waals surface area contributed by atoms with Crippen molar-refractivity contribution in [2.45, 2.75) is 18.2 Å². The lowest BCUT2D eigenvalue weighted by Crippen LogP contribution is -2.49. The van der Waals surface area contributed by atoms with Crippen molar-refractivity contribution in [3.8, 4) is 17.0 Å². The molecule has 0 unspecified atom stereocenters. The molecule has 0 atom stereocenters. The van der Waals surface area contributed by atoms with Crippen LogP contribution >= 0.6 is 0 Å². The van der Waals surface area contributed by atoms with Gasteiger partial charge < -0.3 is 19.3 Å². The van der Waals surface area contributed by atoms with Gasteiger partial charge in [-0.15, -0.1) is 0 Å². The highest BCUT2D eigenvalue weighted by atomic mass is 32.2. The zero-order chi connectivity index (χ0) is 28.8. The fraction of sp³-hybridized carbons (Fsp3) is 0.290. The third-order valence-electron chi connectivity index (χ3n) is 7.02. The largest absolute Gasteiger partial charge is 0.497 e. The van der Waals surface area contributed by atoms with Gasteiger partial charge in [-0.3, -0.25) is 4.18 Å². The topological polar surface area (TPSA) is 98.3 Å². The van der Waals surface area contributed by atoms with Gasteiger partial charge in [0, 0.05) is 49.2 Å². The number of hydrogen-bond acceptors (Lipinski definition) is 8. The summed E-state index contributed by atoms with van der Waals surface area (Å²) in [5.41, 5.74) is 4.89. The fourth-order valence-corrected chi connectivity index (χ4v) is 5.58. The van der Waals surface area contributed by atoms with Crippen molar-refractivity contribution in [3.63, 3.8) is 0 Å². The average Bonchev–Trinajstić information content (AvgIpc) is 3.00. The Kier molecular flexibility index (Phi) is 8.70. The van der Waals surface area contributed by atoms with Gasteiger partial charge in [0.1, 0.15) is 5.75 Å². The molecule has 214 valence electrons. The lowest BCUT2D eigenvalue weighted by molar-refractivity contribution is 0.0953. The minimum Gasteiger partial charge on any atom is -0.497 e. The average molecular weight is 576 g/mol. The summed E-state index contributed by atoms with van der Waals surface area (Å²) in [7, 11) is -2.17. The SMILES string of the molecule is COc1ccc2nc(-c3ccc(N4CCN(C(=O)OCCCOS(=O)(=O)c5ccc(C)cc5)CC4)cc3)ccc2c1. The summed E-state index contributed by atoms with van der Waals surface area (Å²) in [5.74, 6) is 0.807. The van der Waals surface area contributed by atoms with Gasteiger partial charge in [0.2, 0.25) is 0 Å². The van der Waals surface area contributed by atoms with Crippen LogP contribution in [0.25, 0.3) is 22.2 Å². The highest BCUT2D eigenvalue weighted by Crippen LogP contribution is 2.26. The molecule has 2 heterocycles. The number of nitrogens with zero attached hydrogens (tertiary/aromatic N) is 3. The first-order chi connectivity index (χ1) is 19.8. The first-order valence-electron chi connectivity index (χ1n) is 13.5. The second-order valence-corrected chi connectivity index (χ2v) is 11.4. The molecule has 1 aliphatic heterocycles. The van der Waals surface area contributed by atoms with Gasteiger partial charge in [0.25, 0.3) is 10.1 Å². The quantitative estimate of drug-likeness (QED) is 0.197. The molecular weight excluding hydrogens is 542 g/mol. The van der Waals surface area contributed by atoms with Crippen LogP contribution in [0.4, 0.5) is 10.5 Å². The summed E-state index contributed by atoms with van der Waals surface area (Å²) in [4.78, 5) is 21.3. The first-order valence-corrected chi connectivity index (χ1v) is 14.9. The summed E-state index contributed by atoms with van der Waals surface area (Å²) in [5, 5.41) is 1.03. The van der Waals surface area contributed by atoms with Crippen molar-refractivity contribution >= 4 is 32.8 Å². The van der Waals surface area contributed by atoms with E-state index >= 15 is 0 Å². The standard InChI is InChI=1S/C31H33N3O6S/c1-23-4-12-28(13-5-23)41(36,37)40-21-3-20-39-31(35)34-18-16-33(17-19-34)26-9-6-24(7-10-26)29-14-8-25-22-27(38-2)11-15-30(25)32-29/h4-15,22H,3,16-21H2,1-2H3. The number of rotatable bonds is 9. The van der Waals surface area contributed by atoms with Crippen LogP contribution < -0.4 is 9.64 Å². The Labute approximate surface area is 240 Å². The third-order valence-corrected chi connectivity index (χ3v) is 8.35. The van der Waals surface area contributed by atoms with Crippen LogP contribution in [-0.2, 0) is 19.0 Å². The van der Waals surface area contributed by atoms with Gasteiger partial charge in [-0.05, 0) is 55.5 Å².